The van der Waals surface area contributed by atoms with Gasteiger partial charge in [0.2, 0.25) is 0 Å². The van der Waals surface area contributed by atoms with Crippen LogP contribution in [0.1, 0.15) is 11.1 Å². The van der Waals surface area contributed by atoms with Crippen LogP contribution in [-0.4, -0.2) is 0 Å². The van der Waals surface area contributed by atoms with Crippen LogP contribution in [0.25, 0.3) is 0 Å². The molecule has 0 unspecified atom stereocenters. The normalized spacial score (nSPS) is 10.6. The van der Waals surface area contributed by atoms with Crippen molar-refractivity contribution < 1.29 is 0 Å². The molecule has 0 spiro atoms. The molecule has 18 heavy (non-hydrogen) atoms. The molecular formula is C14H13Cl2NS. The second-order valence-electron chi connectivity index (χ2n) is 3.99. The van der Waals surface area contributed by atoms with Crippen molar-refractivity contribution in [3.63, 3.8) is 0 Å². The minimum absolute atomic E-state index is 0.661. The lowest BCUT2D eigenvalue weighted by Crippen LogP contribution is -1.91. The Kier molecular flexibility index (Phi) is 4.44. The molecule has 1 nitrogen and oxygen atoms in total. The minimum atomic E-state index is 0.661. The van der Waals surface area contributed by atoms with Crippen LogP contribution < -0.4 is 5.73 Å². The van der Waals surface area contributed by atoms with E-state index in [4.69, 9.17) is 28.9 Å². The number of hydrogen-bond acceptors (Lipinski definition) is 2. The maximum atomic E-state index is 6.14. The fourth-order valence-corrected chi connectivity index (χ4v) is 3.21. The van der Waals surface area contributed by atoms with Crippen molar-refractivity contribution in [1.29, 1.82) is 0 Å². The van der Waals surface area contributed by atoms with Crippen LogP contribution in [0.5, 0.6) is 0 Å². The van der Waals surface area contributed by atoms with Crippen LogP contribution in [0.2, 0.25) is 10.0 Å². The van der Waals surface area contributed by atoms with E-state index in [0.29, 0.717) is 10.0 Å². The van der Waals surface area contributed by atoms with Crippen LogP contribution in [0.3, 0.4) is 0 Å². The van der Waals surface area contributed by atoms with Gasteiger partial charge in [0.05, 0.1) is 0 Å². The van der Waals surface area contributed by atoms with E-state index in [1.807, 2.05) is 31.2 Å². The highest BCUT2D eigenvalue weighted by Crippen LogP contribution is 2.31. The molecule has 2 N–H and O–H groups in total. The molecule has 0 amide bonds. The number of halogens is 2. The lowest BCUT2D eigenvalue weighted by atomic mass is 10.2. The number of thioether (sulfide) groups is 1. The first kappa shape index (κ1) is 13.6. The van der Waals surface area contributed by atoms with E-state index in [-0.39, 0.29) is 0 Å². The molecule has 0 aliphatic rings. The van der Waals surface area contributed by atoms with Crippen LogP contribution in [0.15, 0.2) is 41.3 Å². The zero-order chi connectivity index (χ0) is 13.1. The number of nitrogen functional groups attached to an aromatic ring is 1. The molecule has 2 rings (SSSR count). The molecule has 0 radical (unpaired) electrons. The molecule has 0 bridgehead atoms. The summed E-state index contributed by atoms with van der Waals surface area (Å²) in [6.45, 7) is 2.03. The van der Waals surface area contributed by atoms with Gasteiger partial charge in [0, 0.05) is 26.4 Å². The third-order valence-electron chi connectivity index (χ3n) is 2.72. The highest BCUT2D eigenvalue weighted by atomic mass is 35.5. The summed E-state index contributed by atoms with van der Waals surface area (Å²) >= 11 is 13.7. The van der Waals surface area contributed by atoms with Gasteiger partial charge in [-0.25, -0.2) is 0 Å². The Morgan fingerprint density at radius 1 is 1.17 bits per heavy atom. The Morgan fingerprint density at radius 2 is 1.94 bits per heavy atom. The van der Waals surface area contributed by atoms with Gasteiger partial charge in [0.1, 0.15) is 0 Å². The van der Waals surface area contributed by atoms with Crippen LogP contribution in [-0.2, 0) is 5.75 Å². The zero-order valence-electron chi connectivity index (χ0n) is 9.91. The monoisotopic (exact) mass is 297 g/mol. The topological polar surface area (TPSA) is 26.0 Å². The summed E-state index contributed by atoms with van der Waals surface area (Å²) in [6.07, 6.45) is 0. The number of nitrogens with two attached hydrogens (primary N) is 1. The third-order valence-corrected chi connectivity index (χ3v) is 4.52. The third kappa shape index (κ3) is 3.14. The van der Waals surface area contributed by atoms with Crippen molar-refractivity contribution in [2.24, 2.45) is 0 Å². The van der Waals surface area contributed by atoms with Gasteiger partial charge in [-0.2, -0.15) is 0 Å². The number of rotatable bonds is 3. The van der Waals surface area contributed by atoms with Gasteiger partial charge in [-0.15, -0.1) is 11.8 Å². The Morgan fingerprint density at radius 3 is 2.67 bits per heavy atom. The van der Waals surface area contributed by atoms with Crippen molar-refractivity contribution >= 4 is 40.7 Å². The summed E-state index contributed by atoms with van der Waals surface area (Å²) < 4.78 is 0. The van der Waals surface area contributed by atoms with E-state index in [1.54, 1.807) is 17.8 Å². The van der Waals surface area contributed by atoms with E-state index < -0.39 is 0 Å². The van der Waals surface area contributed by atoms with Gasteiger partial charge in [-0.05, 0) is 42.3 Å². The van der Waals surface area contributed by atoms with Crippen LogP contribution >= 0.6 is 35.0 Å². The van der Waals surface area contributed by atoms with Crippen molar-refractivity contribution in [1.82, 2.24) is 0 Å². The predicted octanol–water partition coefficient (Wildman–Crippen LogP) is 5.18. The highest BCUT2D eigenvalue weighted by Gasteiger charge is 2.05. The van der Waals surface area contributed by atoms with Crippen molar-refractivity contribution in [3.05, 3.63) is 57.6 Å². The summed E-state index contributed by atoms with van der Waals surface area (Å²) in [4.78, 5) is 1.18. The molecule has 4 heteroatoms. The second-order valence-corrected chi connectivity index (χ2v) is 5.86. The first-order valence-corrected chi connectivity index (χ1v) is 7.24. The summed E-state index contributed by atoms with van der Waals surface area (Å²) in [5, 5.41) is 1.37. The van der Waals surface area contributed by atoms with Crippen LogP contribution in [0, 0.1) is 6.92 Å². The Balaban J connectivity index is 2.14. The molecule has 94 valence electrons. The van der Waals surface area contributed by atoms with Gasteiger partial charge < -0.3 is 5.73 Å². The summed E-state index contributed by atoms with van der Waals surface area (Å²) in [6, 6.07) is 11.5. The lowest BCUT2D eigenvalue weighted by Gasteiger charge is -2.09. The summed E-state index contributed by atoms with van der Waals surface area (Å²) in [7, 11) is 0. The highest BCUT2D eigenvalue weighted by molar-refractivity contribution is 7.98. The molecule has 0 aliphatic heterocycles. The molecule has 2 aromatic rings. The van der Waals surface area contributed by atoms with E-state index in [0.717, 1.165) is 22.6 Å². The quantitative estimate of drug-likeness (QED) is 0.624. The van der Waals surface area contributed by atoms with Crippen molar-refractivity contribution in [3.8, 4) is 0 Å². The standard InChI is InChI=1S/C14H13Cl2NS/c1-9-13(17)3-2-4-14(9)18-8-10-5-6-11(15)7-12(10)16/h2-7H,8,17H2,1H3. The van der Waals surface area contributed by atoms with Crippen LogP contribution in [0.4, 0.5) is 5.69 Å². The maximum absolute atomic E-state index is 6.14. The lowest BCUT2D eigenvalue weighted by molar-refractivity contribution is 1.29. The Labute approximate surface area is 121 Å². The van der Waals surface area contributed by atoms with E-state index in [1.165, 1.54) is 4.90 Å². The maximum Gasteiger partial charge on any atom is 0.0461 e. The van der Waals surface area contributed by atoms with Gasteiger partial charge in [-0.1, -0.05) is 35.3 Å². The van der Waals surface area contributed by atoms with E-state index >= 15 is 0 Å². The molecule has 0 fully saturated rings. The molecule has 0 atom stereocenters. The minimum Gasteiger partial charge on any atom is -0.398 e. The van der Waals surface area contributed by atoms with Crippen molar-refractivity contribution in [2.45, 2.75) is 17.6 Å². The first-order valence-electron chi connectivity index (χ1n) is 5.50. The van der Waals surface area contributed by atoms with Gasteiger partial charge in [-0.3, -0.25) is 0 Å². The first-order chi connectivity index (χ1) is 8.58. The van der Waals surface area contributed by atoms with Gasteiger partial charge in [0.15, 0.2) is 0 Å². The average Bonchev–Trinajstić information content (AvgIpc) is 2.33. The Bertz CT molecular complexity index is 570. The number of hydrogen-bond donors (Lipinski definition) is 1. The predicted molar refractivity (Wildman–Crippen MR) is 81.6 cm³/mol. The molecule has 0 aliphatic carbocycles. The molecule has 0 aromatic heterocycles. The number of anilines is 1. The SMILES string of the molecule is Cc1c(N)cccc1SCc1ccc(Cl)cc1Cl. The molecule has 0 saturated carbocycles. The fourth-order valence-electron chi connectivity index (χ4n) is 1.58. The second kappa shape index (κ2) is 5.87. The largest absolute Gasteiger partial charge is 0.398 e. The molecule has 0 heterocycles. The fraction of sp³-hybridized carbons (Fsp3) is 0.143. The smallest absolute Gasteiger partial charge is 0.0461 e. The van der Waals surface area contributed by atoms with E-state index in [2.05, 4.69) is 6.07 Å². The number of benzene rings is 2. The zero-order valence-corrected chi connectivity index (χ0v) is 12.2. The van der Waals surface area contributed by atoms with Gasteiger partial charge >= 0.3 is 0 Å². The average molecular weight is 298 g/mol. The molecular weight excluding hydrogens is 285 g/mol. The van der Waals surface area contributed by atoms with Crippen molar-refractivity contribution in [2.75, 3.05) is 5.73 Å². The van der Waals surface area contributed by atoms with E-state index in [9.17, 15) is 0 Å². The van der Waals surface area contributed by atoms with Gasteiger partial charge in [0.25, 0.3) is 0 Å². The molecule has 0 saturated heterocycles. The Hall–Kier alpha value is -0.830. The summed E-state index contributed by atoms with van der Waals surface area (Å²) in [5.41, 5.74) is 8.90. The summed E-state index contributed by atoms with van der Waals surface area (Å²) in [5.74, 6) is 0.806. The molecule has 2 aromatic carbocycles.